The second kappa shape index (κ2) is 7.51. The van der Waals surface area contributed by atoms with Crippen LogP contribution in [0.25, 0.3) is 11.3 Å². The second-order valence-electron chi connectivity index (χ2n) is 6.58. The number of benzene rings is 3. The second-order valence-corrected chi connectivity index (χ2v) is 8.42. The number of carbonyl (C=O) groups excluding carboxylic acids is 1. The minimum Gasteiger partial charge on any atom is -0.493 e. The van der Waals surface area contributed by atoms with Crippen LogP contribution in [-0.2, 0) is 4.79 Å². The van der Waals surface area contributed by atoms with Gasteiger partial charge in [-0.3, -0.25) is 9.36 Å². The van der Waals surface area contributed by atoms with Gasteiger partial charge in [0.15, 0.2) is 4.80 Å². The van der Waals surface area contributed by atoms with Gasteiger partial charge in [0.05, 0.1) is 22.3 Å². The van der Waals surface area contributed by atoms with E-state index in [1.165, 1.54) is 11.3 Å². The smallest absolute Gasteiger partial charge is 0.279 e. The lowest BCUT2D eigenvalue weighted by atomic mass is 10.1. The van der Waals surface area contributed by atoms with E-state index in [1.54, 1.807) is 4.57 Å². The fourth-order valence-corrected chi connectivity index (χ4v) is 4.91. The monoisotopic (exact) mass is 475 g/mol. The summed E-state index contributed by atoms with van der Waals surface area (Å²) < 4.78 is 2.40. The van der Waals surface area contributed by atoms with Gasteiger partial charge in [-0.05, 0) is 46.3 Å². The molecule has 1 amide bonds. The lowest BCUT2D eigenvalue weighted by Crippen LogP contribution is -2.24. The maximum atomic E-state index is 12.8. The van der Waals surface area contributed by atoms with Crippen molar-refractivity contribution in [3.63, 3.8) is 0 Å². The molecule has 2 heterocycles. The van der Waals surface area contributed by atoms with Crippen molar-refractivity contribution in [2.75, 3.05) is 0 Å². The molecule has 30 heavy (non-hydrogen) atoms. The van der Waals surface area contributed by atoms with E-state index in [1.807, 2.05) is 78.9 Å². The van der Waals surface area contributed by atoms with Gasteiger partial charge in [0.1, 0.15) is 4.88 Å². The van der Waals surface area contributed by atoms with E-state index in [-0.39, 0.29) is 11.8 Å². The fourth-order valence-electron chi connectivity index (χ4n) is 3.36. The van der Waals surface area contributed by atoms with Crippen LogP contribution in [0.4, 0.5) is 5.69 Å². The van der Waals surface area contributed by atoms with Crippen LogP contribution in [0.1, 0.15) is 4.88 Å². The Hall–Kier alpha value is -3.29. The highest BCUT2D eigenvalue weighted by atomic mass is 79.9. The predicted molar refractivity (Wildman–Crippen MR) is 119 cm³/mol. The number of halogens is 1. The van der Waals surface area contributed by atoms with Crippen molar-refractivity contribution >= 4 is 44.4 Å². The van der Waals surface area contributed by atoms with Gasteiger partial charge in [0, 0.05) is 9.69 Å². The lowest BCUT2D eigenvalue weighted by molar-refractivity contribution is -0.112. The van der Waals surface area contributed by atoms with E-state index >= 15 is 0 Å². The summed E-state index contributed by atoms with van der Waals surface area (Å²) in [5, 5.41) is 12.5. The molecule has 0 fully saturated rings. The van der Waals surface area contributed by atoms with Gasteiger partial charge >= 0.3 is 0 Å². The van der Waals surface area contributed by atoms with Crippen LogP contribution in [0.15, 0.2) is 93.3 Å². The Labute approximate surface area is 183 Å². The van der Waals surface area contributed by atoms with Crippen molar-refractivity contribution < 1.29 is 9.90 Å². The third-order valence-electron chi connectivity index (χ3n) is 4.71. The molecular formula is C23H14BrN3O2S. The summed E-state index contributed by atoms with van der Waals surface area (Å²) >= 11 is 4.71. The van der Waals surface area contributed by atoms with Crippen molar-refractivity contribution in [3.8, 4) is 11.6 Å². The zero-order chi connectivity index (χ0) is 20.7. The average Bonchev–Trinajstić information content (AvgIpc) is 3.26. The van der Waals surface area contributed by atoms with Crippen LogP contribution in [-0.4, -0.2) is 15.6 Å². The number of amides is 1. The van der Waals surface area contributed by atoms with Gasteiger partial charge in [0.2, 0.25) is 5.88 Å². The van der Waals surface area contributed by atoms with Gasteiger partial charge in [0.25, 0.3) is 5.91 Å². The molecule has 4 aromatic rings. The maximum Gasteiger partial charge on any atom is 0.279 e. The molecule has 0 bridgehead atoms. The summed E-state index contributed by atoms with van der Waals surface area (Å²) in [6.45, 7) is 0. The summed E-state index contributed by atoms with van der Waals surface area (Å²) in [7, 11) is 0. The molecule has 7 heteroatoms. The van der Waals surface area contributed by atoms with Crippen LogP contribution >= 0.6 is 27.3 Å². The first-order valence-electron chi connectivity index (χ1n) is 9.16. The topological polar surface area (TPSA) is 67.0 Å². The first kappa shape index (κ1) is 18.7. The molecule has 0 saturated carbocycles. The Morgan fingerprint density at radius 1 is 0.933 bits per heavy atom. The highest BCUT2D eigenvalue weighted by Crippen LogP contribution is 2.31. The van der Waals surface area contributed by atoms with E-state index in [9.17, 15) is 9.90 Å². The average molecular weight is 476 g/mol. The number of para-hydroxylation sites is 3. The SMILES string of the molecule is O=C1N=c2c(Br)cccc2=C1c1sc(=Nc2ccccc2)n(-c2ccccc2)c1O. The molecule has 3 aromatic carbocycles. The van der Waals surface area contributed by atoms with E-state index in [0.717, 1.165) is 15.8 Å². The Morgan fingerprint density at radius 2 is 1.63 bits per heavy atom. The number of fused-ring (bicyclic) bond motifs is 1. The number of thiazole rings is 1. The summed E-state index contributed by atoms with van der Waals surface area (Å²) in [5.41, 5.74) is 1.89. The quantitative estimate of drug-likeness (QED) is 0.491. The molecule has 0 spiro atoms. The zero-order valence-electron chi connectivity index (χ0n) is 15.5. The molecule has 0 aliphatic carbocycles. The first-order chi connectivity index (χ1) is 14.6. The molecule has 0 unspecified atom stereocenters. The highest BCUT2D eigenvalue weighted by Gasteiger charge is 2.26. The van der Waals surface area contributed by atoms with E-state index in [4.69, 9.17) is 4.99 Å². The zero-order valence-corrected chi connectivity index (χ0v) is 17.9. The Bertz CT molecular complexity index is 1470. The van der Waals surface area contributed by atoms with Crippen molar-refractivity contribution in [3.05, 3.63) is 104 Å². The molecule has 1 aliphatic rings. The summed E-state index contributed by atoms with van der Waals surface area (Å²) in [6, 6.07) is 24.5. The first-order valence-corrected chi connectivity index (χ1v) is 10.8. The van der Waals surface area contributed by atoms with E-state index in [2.05, 4.69) is 20.9 Å². The van der Waals surface area contributed by atoms with Crippen LogP contribution in [0.2, 0.25) is 0 Å². The van der Waals surface area contributed by atoms with Gasteiger partial charge in [-0.2, -0.15) is 0 Å². The van der Waals surface area contributed by atoms with Gasteiger partial charge in [-0.25, -0.2) is 9.98 Å². The summed E-state index contributed by atoms with van der Waals surface area (Å²) in [5.74, 6) is -0.410. The molecule has 1 N–H and O–H groups in total. The van der Waals surface area contributed by atoms with Gasteiger partial charge in [-0.1, -0.05) is 59.9 Å². The van der Waals surface area contributed by atoms with Crippen molar-refractivity contribution in [1.82, 2.24) is 4.57 Å². The molecule has 5 nitrogen and oxygen atoms in total. The maximum absolute atomic E-state index is 12.8. The summed E-state index contributed by atoms with van der Waals surface area (Å²) in [6.07, 6.45) is 0. The molecule has 1 aliphatic heterocycles. The number of nitrogens with zero attached hydrogens (tertiary/aromatic N) is 3. The minimum atomic E-state index is -0.375. The van der Waals surface area contributed by atoms with Crippen LogP contribution in [0.3, 0.4) is 0 Å². The molecule has 0 saturated heterocycles. The Balaban J connectivity index is 1.85. The third kappa shape index (κ3) is 3.12. The number of carbonyl (C=O) groups is 1. The van der Waals surface area contributed by atoms with Crippen molar-refractivity contribution in [2.24, 2.45) is 9.98 Å². The van der Waals surface area contributed by atoms with Crippen molar-refractivity contribution in [1.29, 1.82) is 0 Å². The van der Waals surface area contributed by atoms with E-state index in [0.29, 0.717) is 25.8 Å². The normalized spacial score (nSPS) is 13.4. The fraction of sp³-hybridized carbons (Fsp3) is 0. The van der Waals surface area contributed by atoms with E-state index < -0.39 is 0 Å². The predicted octanol–water partition coefficient (Wildman–Crippen LogP) is 3.60. The van der Waals surface area contributed by atoms with Crippen LogP contribution < -0.4 is 15.4 Å². The number of hydrogen-bond donors (Lipinski definition) is 1. The standard InChI is InChI=1S/C23H14BrN3O2S/c24-17-13-7-12-16-18(21(28)26-19(16)17)20-22(29)27(15-10-5-2-6-11-15)23(30-20)25-14-8-3-1-4-9-14/h1-13,29H. The largest absolute Gasteiger partial charge is 0.493 e. The molecule has 1 aromatic heterocycles. The Kier molecular flexibility index (Phi) is 4.69. The molecule has 0 radical (unpaired) electrons. The van der Waals surface area contributed by atoms with Crippen LogP contribution in [0.5, 0.6) is 5.88 Å². The van der Waals surface area contributed by atoms with Gasteiger partial charge in [-0.15, -0.1) is 0 Å². The van der Waals surface area contributed by atoms with Gasteiger partial charge < -0.3 is 5.11 Å². The lowest BCUT2D eigenvalue weighted by Gasteiger charge is -2.05. The molecule has 0 atom stereocenters. The number of rotatable bonds is 3. The Morgan fingerprint density at radius 3 is 2.37 bits per heavy atom. The van der Waals surface area contributed by atoms with Crippen molar-refractivity contribution in [2.45, 2.75) is 0 Å². The number of aromatic nitrogens is 1. The molecule has 5 rings (SSSR count). The van der Waals surface area contributed by atoms with Crippen LogP contribution in [0, 0.1) is 0 Å². The minimum absolute atomic E-state index is 0.0349. The summed E-state index contributed by atoms with van der Waals surface area (Å²) in [4.78, 5) is 22.7. The molecule has 146 valence electrons. The third-order valence-corrected chi connectivity index (χ3v) is 6.39. The number of hydrogen-bond acceptors (Lipinski definition) is 4. The highest BCUT2D eigenvalue weighted by molar-refractivity contribution is 9.10. The molecular weight excluding hydrogens is 462 g/mol. The number of aromatic hydroxyl groups is 1.